The molecule has 0 saturated heterocycles. The Bertz CT molecular complexity index is 1060. The number of nitrogens with zero attached hydrogens (tertiary/aromatic N) is 3. The number of aromatic nitrogens is 2. The molecule has 11 heteroatoms. The maximum Gasteiger partial charge on any atom is 0.325 e. The van der Waals surface area contributed by atoms with Gasteiger partial charge in [0.2, 0.25) is 5.82 Å². The van der Waals surface area contributed by atoms with Gasteiger partial charge in [0.25, 0.3) is 17.5 Å². The zero-order valence-corrected chi connectivity index (χ0v) is 15.7. The van der Waals surface area contributed by atoms with Gasteiger partial charge < -0.3 is 19.3 Å². The van der Waals surface area contributed by atoms with Gasteiger partial charge in [0, 0.05) is 23.3 Å². The first-order valence-corrected chi connectivity index (χ1v) is 8.61. The van der Waals surface area contributed by atoms with Gasteiger partial charge in [-0.25, -0.2) is 0 Å². The van der Waals surface area contributed by atoms with Crippen LogP contribution in [0.4, 0.5) is 5.69 Å². The number of non-ortho nitro benzene ring substituents is 1. The molecular formula is C19H16N4O7. The first-order valence-electron chi connectivity index (χ1n) is 8.61. The summed E-state index contributed by atoms with van der Waals surface area (Å²) in [5, 5.41) is 16.9. The van der Waals surface area contributed by atoms with Crippen molar-refractivity contribution >= 4 is 17.6 Å². The molecule has 0 fully saturated rings. The van der Waals surface area contributed by atoms with E-state index in [0.29, 0.717) is 17.1 Å². The van der Waals surface area contributed by atoms with Crippen LogP contribution in [0.1, 0.15) is 16.2 Å². The van der Waals surface area contributed by atoms with E-state index in [4.69, 9.17) is 14.0 Å². The van der Waals surface area contributed by atoms with Crippen molar-refractivity contribution in [2.45, 2.75) is 6.61 Å². The molecule has 0 aliphatic rings. The highest BCUT2D eigenvalue weighted by Gasteiger charge is 2.14. The van der Waals surface area contributed by atoms with Crippen molar-refractivity contribution in [2.24, 2.45) is 0 Å². The molecule has 0 saturated carbocycles. The van der Waals surface area contributed by atoms with Gasteiger partial charge in [0.1, 0.15) is 12.3 Å². The van der Waals surface area contributed by atoms with E-state index in [1.165, 1.54) is 18.2 Å². The van der Waals surface area contributed by atoms with E-state index in [2.05, 4.69) is 15.5 Å². The van der Waals surface area contributed by atoms with Crippen LogP contribution in [-0.4, -0.2) is 40.6 Å². The minimum absolute atomic E-state index is 0.0537. The Kier molecular flexibility index (Phi) is 6.33. The minimum atomic E-state index is -0.738. The number of carbonyl (C=O) groups is 2. The van der Waals surface area contributed by atoms with Crippen molar-refractivity contribution in [3.8, 4) is 17.1 Å². The lowest BCUT2D eigenvalue weighted by atomic mass is 10.2. The monoisotopic (exact) mass is 412 g/mol. The number of amides is 1. The van der Waals surface area contributed by atoms with Gasteiger partial charge in [-0.2, -0.15) is 4.98 Å². The molecule has 30 heavy (non-hydrogen) atoms. The first kappa shape index (κ1) is 20.5. The van der Waals surface area contributed by atoms with Crippen molar-refractivity contribution in [3.05, 3.63) is 70.1 Å². The summed E-state index contributed by atoms with van der Waals surface area (Å²) in [7, 11) is 1.56. The van der Waals surface area contributed by atoms with E-state index in [1.54, 1.807) is 31.4 Å². The third kappa shape index (κ3) is 5.16. The Balaban J connectivity index is 1.49. The predicted molar refractivity (Wildman–Crippen MR) is 102 cm³/mol. The van der Waals surface area contributed by atoms with Gasteiger partial charge in [0.15, 0.2) is 6.61 Å². The molecule has 1 aromatic heterocycles. The maximum absolute atomic E-state index is 12.0. The standard InChI is InChI=1S/C19H16N4O7/c1-28-15-7-5-12(6-8-15)18-21-16(30-22-18)11-29-17(24)10-20-19(25)13-3-2-4-14(9-13)23(26)27/h2-9H,10-11H2,1H3,(H,20,25). The molecule has 0 bridgehead atoms. The van der Waals surface area contributed by atoms with E-state index < -0.39 is 23.3 Å². The Hall–Kier alpha value is -4.28. The van der Waals surface area contributed by atoms with E-state index in [9.17, 15) is 19.7 Å². The zero-order chi connectivity index (χ0) is 21.5. The van der Waals surface area contributed by atoms with Crippen molar-refractivity contribution in [1.29, 1.82) is 0 Å². The Morgan fingerprint density at radius 2 is 1.97 bits per heavy atom. The van der Waals surface area contributed by atoms with E-state index >= 15 is 0 Å². The third-order valence-electron chi connectivity index (χ3n) is 3.89. The van der Waals surface area contributed by atoms with Crippen LogP contribution in [0.2, 0.25) is 0 Å². The number of ether oxygens (including phenoxy) is 2. The van der Waals surface area contributed by atoms with Crippen molar-refractivity contribution in [2.75, 3.05) is 13.7 Å². The molecule has 1 amide bonds. The molecule has 0 spiro atoms. The number of hydrogen-bond donors (Lipinski definition) is 1. The fraction of sp³-hybridized carbons (Fsp3) is 0.158. The lowest BCUT2D eigenvalue weighted by Crippen LogP contribution is -2.30. The lowest BCUT2D eigenvalue weighted by Gasteiger charge is -2.05. The summed E-state index contributed by atoms with van der Waals surface area (Å²) < 4.78 is 15.1. The van der Waals surface area contributed by atoms with Gasteiger partial charge in [-0.15, -0.1) is 0 Å². The number of nitrogens with one attached hydrogen (secondary N) is 1. The molecule has 0 aliphatic carbocycles. The lowest BCUT2D eigenvalue weighted by molar-refractivity contribution is -0.384. The summed E-state index contributed by atoms with van der Waals surface area (Å²) in [6.07, 6.45) is 0. The van der Waals surface area contributed by atoms with Crippen LogP contribution in [-0.2, 0) is 16.1 Å². The second-order valence-electron chi connectivity index (χ2n) is 5.89. The predicted octanol–water partition coefficient (Wildman–Crippen LogP) is 2.13. The molecule has 1 N–H and O–H groups in total. The highest BCUT2D eigenvalue weighted by Crippen LogP contribution is 2.19. The van der Waals surface area contributed by atoms with Crippen molar-refractivity contribution < 1.29 is 28.5 Å². The molecular weight excluding hydrogens is 396 g/mol. The van der Waals surface area contributed by atoms with Crippen LogP contribution in [0.15, 0.2) is 53.1 Å². The topological polar surface area (TPSA) is 147 Å². The average molecular weight is 412 g/mol. The highest BCUT2D eigenvalue weighted by atomic mass is 16.6. The summed E-state index contributed by atoms with van der Waals surface area (Å²) in [6.45, 7) is -0.699. The number of rotatable bonds is 8. The van der Waals surface area contributed by atoms with Gasteiger partial charge in [-0.1, -0.05) is 11.2 Å². The van der Waals surface area contributed by atoms with Crippen LogP contribution in [0.3, 0.4) is 0 Å². The van der Waals surface area contributed by atoms with Crippen molar-refractivity contribution in [3.63, 3.8) is 0 Å². The largest absolute Gasteiger partial charge is 0.497 e. The number of nitro groups is 1. The first-order chi connectivity index (χ1) is 14.5. The summed E-state index contributed by atoms with van der Waals surface area (Å²) in [5.41, 5.74) is 0.522. The number of benzene rings is 2. The Morgan fingerprint density at radius 3 is 2.67 bits per heavy atom. The summed E-state index contributed by atoms with van der Waals surface area (Å²) in [5.74, 6) is -0.293. The summed E-state index contributed by atoms with van der Waals surface area (Å²) in [4.78, 5) is 38.1. The Morgan fingerprint density at radius 1 is 1.20 bits per heavy atom. The van der Waals surface area contributed by atoms with E-state index in [0.717, 1.165) is 6.07 Å². The quantitative estimate of drug-likeness (QED) is 0.334. The molecule has 3 aromatic rings. The second kappa shape index (κ2) is 9.28. The molecule has 154 valence electrons. The minimum Gasteiger partial charge on any atom is -0.497 e. The molecule has 11 nitrogen and oxygen atoms in total. The third-order valence-corrected chi connectivity index (χ3v) is 3.89. The zero-order valence-electron chi connectivity index (χ0n) is 15.7. The molecule has 3 rings (SSSR count). The molecule has 2 aromatic carbocycles. The normalized spacial score (nSPS) is 10.3. The number of methoxy groups -OCH3 is 1. The summed E-state index contributed by atoms with van der Waals surface area (Å²) >= 11 is 0. The van der Waals surface area contributed by atoms with Gasteiger partial charge >= 0.3 is 5.97 Å². The van der Waals surface area contributed by atoms with Crippen LogP contribution in [0.25, 0.3) is 11.4 Å². The van der Waals surface area contributed by atoms with Gasteiger partial charge in [-0.05, 0) is 30.3 Å². The van der Waals surface area contributed by atoms with Gasteiger partial charge in [0.05, 0.1) is 12.0 Å². The smallest absolute Gasteiger partial charge is 0.325 e. The SMILES string of the molecule is COc1ccc(-c2noc(COC(=O)CNC(=O)c3cccc([N+](=O)[O-])c3)n2)cc1. The number of carbonyl (C=O) groups excluding carboxylic acids is 2. The van der Waals surface area contributed by atoms with Crippen LogP contribution in [0.5, 0.6) is 5.75 Å². The highest BCUT2D eigenvalue weighted by molar-refractivity contribution is 5.96. The number of esters is 1. The van der Waals surface area contributed by atoms with Crippen molar-refractivity contribution in [1.82, 2.24) is 15.5 Å². The molecule has 1 heterocycles. The number of nitro benzene ring substituents is 1. The maximum atomic E-state index is 12.0. The fourth-order valence-corrected chi connectivity index (χ4v) is 2.38. The Labute approximate surface area is 169 Å². The molecule has 0 unspecified atom stereocenters. The van der Waals surface area contributed by atoms with E-state index in [1.807, 2.05) is 0 Å². The summed E-state index contributed by atoms with van der Waals surface area (Å²) in [6, 6.07) is 12.1. The van der Waals surface area contributed by atoms with Crippen LogP contribution >= 0.6 is 0 Å². The van der Waals surface area contributed by atoms with Crippen LogP contribution < -0.4 is 10.1 Å². The second-order valence-corrected chi connectivity index (χ2v) is 5.89. The van der Waals surface area contributed by atoms with E-state index in [-0.39, 0.29) is 23.7 Å². The fourth-order valence-electron chi connectivity index (χ4n) is 2.38. The van der Waals surface area contributed by atoms with Crippen LogP contribution in [0, 0.1) is 10.1 Å². The molecule has 0 aliphatic heterocycles. The molecule has 0 radical (unpaired) electrons. The van der Waals surface area contributed by atoms with Gasteiger partial charge in [-0.3, -0.25) is 19.7 Å². The average Bonchev–Trinajstić information content (AvgIpc) is 3.25. The number of hydrogen-bond acceptors (Lipinski definition) is 9. The molecule has 0 atom stereocenters.